The van der Waals surface area contributed by atoms with Gasteiger partial charge < -0.3 is 19.2 Å². The van der Waals surface area contributed by atoms with Crippen LogP contribution in [0.15, 0.2) is 78.9 Å². The van der Waals surface area contributed by atoms with Crippen molar-refractivity contribution in [2.24, 2.45) is 5.92 Å². The van der Waals surface area contributed by atoms with Crippen molar-refractivity contribution < 1.29 is 28.7 Å². The predicted molar refractivity (Wildman–Crippen MR) is 173 cm³/mol. The molecule has 0 radical (unpaired) electrons. The Labute approximate surface area is 270 Å². The SMILES string of the molecule is [C-]#[N+][C@@]1(C)C[C@]2(SC(=O)Cc3ccccc3)C(=O)N(C)[C@@](C)(SC(=O)Cc3ccccc3)C(=O)C2C1c1ccc2c(c1)OCO2. The van der Waals surface area contributed by atoms with Crippen LogP contribution < -0.4 is 9.47 Å². The van der Waals surface area contributed by atoms with Crippen molar-refractivity contribution in [1.82, 2.24) is 4.90 Å². The summed E-state index contributed by atoms with van der Waals surface area (Å²) in [7, 11) is 1.52. The number of rotatable bonds is 7. The third-order valence-electron chi connectivity index (χ3n) is 9.17. The van der Waals surface area contributed by atoms with Gasteiger partial charge in [0.15, 0.2) is 32.4 Å². The lowest BCUT2D eigenvalue weighted by Crippen LogP contribution is -2.67. The minimum atomic E-state index is -1.55. The Hall–Kier alpha value is -4.07. The molecule has 2 unspecified atom stereocenters. The molecule has 8 nitrogen and oxygen atoms in total. The number of nitrogens with zero attached hydrogens (tertiary/aromatic N) is 2. The number of benzene rings is 3. The van der Waals surface area contributed by atoms with Crippen LogP contribution in [0.2, 0.25) is 0 Å². The molecule has 1 saturated carbocycles. The monoisotopic (exact) mass is 640 g/mol. The number of hydrogen-bond acceptors (Lipinski definition) is 8. The van der Waals surface area contributed by atoms with E-state index in [1.807, 2.05) is 60.7 Å². The molecule has 1 saturated heterocycles. The Morgan fingerprint density at radius 1 is 0.867 bits per heavy atom. The molecule has 2 fully saturated rings. The first kappa shape index (κ1) is 30.9. The summed E-state index contributed by atoms with van der Waals surface area (Å²) >= 11 is 1.70. The Morgan fingerprint density at radius 2 is 1.44 bits per heavy atom. The number of fused-ring (bicyclic) bond motifs is 2. The number of likely N-dealkylation sites (tertiary alicyclic amines) is 1. The summed E-state index contributed by atoms with van der Waals surface area (Å²) in [6.45, 7) is 11.7. The molecule has 230 valence electrons. The van der Waals surface area contributed by atoms with E-state index >= 15 is 0 Å². The van der Waals surface area contributed by atoms with Crippen molar-refractivity contribution in [3.63, 3.8) is 0 Å². The Bertz CT molecular complexity index is 1730. The molecule has 45 heavy (non-hydrogen) atoms. The first-order valence-corrected chi connectivity index (χ1v) is 16.3. The van der Waals surface area contributed by atoms with E-state index in [0.717, 1.165) is 34.7 Å². The van der Waals surface area contributed by atoms with Gasteiger partial charge in [0.2, 0.25) is 18.2 Å². The van der Waals surface area contributed by atoms with Gasteiger partial charge in [-0.3, -0.25) is 19.2 Å². The van der Waals surface area contributed by atoms with Crippen LogP contribution in [0.1, 0.15) is 42.9 Å². The molecule has 0 aromatic heterocycles. The smallest absolute Gasteiger partial charge is 0.241 e. The number of amides is 1. The molecule has 0 N–H and O–H groups in total. The number of Topliss-reactive ketones (excluding diaryl/α,β-unsaturated/α-hetero) is 1. The molecular weight excluding hydrogens is 609 g/mol. The third-order valence-corrected chi connectivity index (χ3v) is 11.7. The van der Waals surface area contributed by atoms with Gasteiger partial charge in [0.05, 0.1) is 18.3 Å². The van der Waals surface area contributed by atoms with Crippen LogP contribution in [0.3, 0.4) is 0 Å². The Kier molecular flexibility index (Phi) is 8.04. The lowest BCUT2D eigenvalue weighted by atomic mass is 9.73. The zero-order chi connectivity index (χ0) is 32.0. The zero-order valence-corrected chi connectivity index (χ0v) is 26.8. The standard InChI is InChI=1S/C35H32N2O6S2/c1-33(36-3)20-35(45-28(39)18-23-13-9-6-10-14-23)30(29(33)24-15-16-25-26(19-24)43-21-42-25)31(40)34(2,37(4)32(35)41)44-27(38)17-22-11-7-5-8-12-22/h5-16,19,29-30H,17-18,20-21H2,1-2,4H3/t29?,30?,33-,34-,35+/m0/s1. The maximum Gasteiger partial charge on any atom is 0.241 e. The summed E-state index contributed by atoms with van der Waals surface area (Å²) in [5.74, 6) is -1.56. The first-order chi connectivity index (χ1) is 21.5. The molecule has 2 heterocycles. The molecule has 1 amide bonds. The highest BCUT2D eigenvalue weighted by atomic mass is 32.2. The molecule has 5 atom stereocenters. The van der Waals surface area contributed by atoms with Crippen molar-refractivity contribution >= 4 is 45.4 Å². The third kappa shape index (κ3) is 5.32. The second-order valence-corrected chi connectivity index (χ2v) is 14.9. The van der Waals surface area contributed by atoms with Gasteiger partial charge >= 0.3 is 0 Å². The molecule has 3 aliphatic rings. The molecule has 0 bridgehead atoms. The summed E-state index contributed by atoms with van der Waals surface area (Å²) < 4.78 is 9.61. The van der Waals surface area contributed by atoms with E-state index in [1.54, 1.807) is 32.0 Å². The van der Waals surface area contributed by atoms with E-state index in [9.17, 15) is 19.2 Å². The summed E-state index contributed by atoms with van der Waals surface area (Å²) in [6.07, 6.45) is 0.143. The second-order valence-electron chi connectivity index (χ2n) is 12.1. The van der Waals surface area contributed by atoms with Gasteiger partial charge in [-0.15, -0.1) is 0 Å². The summed E-state index contributed by atoms with van der Waals surface area (Å²) in [5.41, 5.74) is 1.02. The molecule has 10 heteroatoms. The van der Waals surface area contributed by atoms with E-state index < -0.39 is 32.9 Å². The van der Waals surface area contributed by atoms with Gasteiger partial charge in [-0.05, 0) is 35.7 Å². The Balaban J connectivity index is 1.44. The van der Waals surface area contributed by atoms with Gasteiger partial charge in [-0.2, -0.15) is 0 Å². The fourth-order valence-electron chi connectivity index (χ4n) is 6.93. The maximum atomic E-state index is 15.0. The van der Waals surface area contributed by atoms with Crippen LogP contribution in [-0.2, 0) is 32.0 Å². The van der Waals surface area contributed by atoms with Gasteiger partial charge in [0.1, 0.15) is 4.75 Å². The number of carbonyl (C=O) groups is 4. The quantitative estimate of drug-likeness (QED) is 0.304. The lowest BCUT2D eigenvalue weighted by molar-refractivity contribution is -0.151. The van der Waals surface area contributed by atoms with Gasteiger partial charge in [0.25, 0.3) is 0 Å². The first-order valence-electron chi connectivity index (χ1n) is 14.6. The van der Waals surface area contributed by atoms with Crippen LogP contribution in [0, 0.1) is 12.5 Å². The highest BCUT2D eigenvalue weighted by Gasteiger charge is 2.75. The average Bonchev–Trinajstić information content (AvgIpc) is 3.60. The number of hydrogen-bond donors (Lipinski definition) is 0. The number of piperidine rings is 1. The van der Waals surface area contributed by atoms with E-state index in [4.69, 9.17) is 16.0 Å². The summed E-state index contributed by atoms with van der Waals surface area (Å²) in [5, 5.41) is -0.529. The molecule has 2 aliphatic heterocycles. The fourth-order valence-corrected chi connectivity index (χ4v) is 9.67. The van der Waals surface area contributed by atoms with Crippen LogP contribution in [0.5, 0.6) is 11.5 Å². The summed E-state index contributed by atoms with van der Waals surface area (Å²) in [4.78, 5) is 60.7. The zero-order valence-electron chi connectivity index (χ0n) is 25.1. The molecular formula is C35H32N2O6S2. The van der Waals surface area contributed by atoms with Crippen molar-refractivity contribution in [2.75, 3.05) is 13.8 Å². The van der Waals surface area contributed by atoms with Crippen molar-refractivity contribution in [3.05, 3.63) is 107 Å². The number of likely N-dealkylation sites (N-methyl/N-ethyl adjacent to an activating group) is 1. The molecule has 1 aliphatic carbocycles. The van der Waals surface area contributed by atoms with Crippen LogP contribution in [0.25, 0.3) is 4.85 Å². The number of carbonyl (C=O) groups excluding carboxylic acids is 4. The van der Waals surface area contributed by atoms with Gasteiger partial charge in [-0.25, -0.2) is 6.57 Å². The number of ketones is 1. The highest BCUT2D eigenvalue weighted by Crippen LogP contribution is 2.64. The Morgan fingerprint density at radius 3 is 2.04 bits per heavy atom. The van der Waals surface area contributed by atoms with E-state index in [1.165, 1.54) is 11.9 Å². The van der Waals surface area contributed by atoms with Crippen LogP contribution >= 0.6 is 23.5 Å². The lowest BCUT2D eigenvalue weighted by Gasteiger charge is -2.50. The second kappa shape index (κ2) is 11.7. The number of thioether (sulfide) groups is 2. The van der Waals surface area contributed by atoms with Crippen molar-refractivity contribution in [2.45, 2.75) is 54.2 Å². The average molecular weight is 641 g/mol. The minimum absolute atomic E-state index is 0.00784. The number of ether oxygens (including phenoxy) is 2. The molecule has 6 rings (SSSR count). The highest BCUT2D eigenvalue weighted by molar-refractivity contribution is 8.16. The largest absolute Gasteiger partial charge is 0.454 e. The van der Waals surface area contributed by atoms with Crippen LogP contribution in [-0.4, -0.2) is 55.8 Å². The minimum Gasteiger partial charge on any atom is -0.454 e. The fraction of sp³-hybridized carbons (Fsp3) is 0.343. The van der Waals surface area contributed by atoms with Crippen molar-refractivity contribution in [3.8, 4) is 11.5 Å². The van der Waals surface area contributed by atoms with E-state index in [-0.39, 0.29) is 42.1 Å². The molecule has 0 spiro atoms. The summed E-state index contributed by atoms with van der Waals surface area (Å²) in [6, 6.07) is 23.8. The van der Waals surface area contributed by atoms with Crippen molar-refractivity contribution in [1.29, 1.82) is 0 Å². The topological polar surface area (TPSA) is 94.3 Å². The molecule has 3 aromatic carbocycles. The predicted octanol–water partition coefficient (Wildman–Crippen LogP) is 5.70. The van der Waals surface area contributed by atoms with E-state index in [0.29, 0.717) is 17.1 Å². The maximum absolute atomic E-state index is 15.0. The normalized spacial score (nSPS) is 28.4. The van der Waals surface area contributed by atoms with Crippen LogP contribution in [0.4, 0.5) is 0 Å². The van der Waals surface area contributed by atoms with Gasteiger partial charge in [0, 0.05) is 26.8 Å². The van der Waals surface area contributed by atoms with E-state index in [2.05, 4.69) is 4.85 Å². The molecule has 3 aromatic rings. The van der Waals surface area contributed by atoms with Gasteiger partial charge in [-0.1, -0.05) is 90.3 Å².